The third-order valence-electron chi connectivity index (χ3n) is 2.00. The summed E-state index contributed by atoms with van der Waals surface area (Å²) in [6, 6.07) is 0.519. The highest BCUT2D eigenvalue weighted by Crippen LogP contribution is 2.02. The van der Waals surface area contributed by atoms with E-state index in [-0.39, 0.29) is 7.52 Å². The quantitative estimate of drug-likeness (QED) is 0.656. The minimum atomic E-state index is -0.162. The van der Waals surface area contributed by atoms with Crippen molar-refractivity contribution in [2.75, 3.05) is 26.2 Å². The van der Waals surface area contributed by atoms with Crippen molar-refractivity contribution in [1.29, 1.82) is 0 Å². The van der Waals surface area contributed by atoms with Crippen LogP contribution in [0.2, 0.25) is 0 Å². The van der Waals surface area contributed by atoms with E-state index in [9.17, 15) is 4.79 Å². The third-order valence-corrected chi connectivity index (χ3v) is 2.00. The van der Waals surface area contributed by atoms with Crippen LogP contribution in [0.25, 0.3) is 0 Å². The van der Waals surface area contributed by atoms with Crippen molar-refractivity contribution in [2.45, 2.75) is 26.3 Å². The summed E-state index contributed by atoms with van der Waals surface area (Å²) < 4.78 is 4.81. The van der Waals surface area contributed by atoms with E-state index in [0.717, 1.165) is 26.1 Å². The molecule has 1 amide bonds. The fourth-order valence-corrected chi connectivity index (χ4v) is 1.29. The zero-order valence-corrected chi connectivity index (χ0v) is 8.38. The number of nitrogens with zero attached hydrogens (tertiary/aromatic N) is 1. The van der Waals surface area contributed by atoms with Crippen LogP contribution in [-0.2, 0) is 4.74 Å². The third kappa shape index (κ3) is 3.63. The van der Waals surface area contributed by atoms with Gasteiger partial charge < -0.3 is 15.0 Å². The molecule has 1 saturated heterocycles. The first kappa shape index (κ1) is 10.3. The van der Waals surface area contributed by atoms with E-state index in [1.807, 2.05) is 0 Å². The number of cyclic esters (lactones) is 1. The lowest BCUT2D eigenvalue weighted by molar-refractivity contribution is 0.158. The average Bonchev–Trinajstić information content (AvgIpc) is 2.45. The summed E-state index contributed by atoms with van der Waals surface area (Å²) in [5, 5.41) is 3.31. The molecule has 1 heterocycles. The van der Waals surface area contributed by atoms with Crippen LogP contribution < -0.4 is 5.32 Å². The topological polar surface area (TPSA) is 41.6 Å². The molecule has 78 valence electrons. The number of nitrogens with one attached hydrogen (secondary N) is 1. The van der Waals surface area contributed by atoms with E-state index in [4.69, 9.17) is 4.74 Å². The number of ether oxygens (including phenoxy) is 1. The largest absolute Gasteiger partial charge is 0.448 e. The van der Waals surface area contributed by atoms with Crippen LogP contribution in [0.5, 0.6) is 0 Å². The molecule has 1 rings (SSSR count). The molecule has 0 unspecified atom stereocenters. The number of rotatable bonds is 5. The van der Waals surface area contributed by atoms with E-state index < -0.39 is 0 Å². The summed E-state index contributed by atoms with van der Waals surface area (Å²) in [7, 11) is 0. The average molecular weight is 188 g/mol. The maximum Gasteiger partial charge on any atom is 0.409 e. The first-order valence-electron chi connectivity index (χ1n) is 4.85. The highest BCUT2D eigenvalue weighted by atomic mass is 16.6. The predicted octanol–water partition coefficient (Wildman–Crippen LogP) is 1.07. The maximum atomic E-state index is 11.0. The zero-order valence-electron chi connectivity index (χ0n) is 8.38. The van der Waals surface area contributed by atoms with Gasteiger partial charge in [-0.15, -0.1) is 0 Å². The van der Waals surface area contributed by atoms with Gasteiger partial charge in [0.1, 0.15) is 6.61 Å². The van der Waals surface area contributed by atoms with E-state index in [1.165, 1.54) is 0 Å². The van der Waals surface area contributed by atoms with Crippen molar-refractivity contribution in [1.82, 2.24) is 10.2 Å². The Kier molecular flexibility index (Phi) is 4.02. The molecule has 0 atom stereocenters. The van der Waals surface area contributed by atoms with Gasteiger partial charge in [0.15, 0.2) is 0 Å². The van der Waals surface area contributed by atoms with Crippen LogP contribution in [0.15, 0.2) is 0 Å². The van der Waals surface area contributed by atoms with Gasteiger partial charge in [0.25, 0.3) is 0 Å². The van der Waals surface area contributed by atoms with E-state index in [0.29, 0.717) is 12.6 Å². The molecule has 4 heteroatoms. The Labute approximate surface area is 80.7 Å². The van der Waals surface area contributed by atoms with E-state index in [2.05, 4.69) is 19.2 Å². The van der Waals surface area contributed by atoms with Gasteiger partial charge in [0.2, 0.25) is 0 Å². The van der Waals surface area contributed by atoms with Crippen molar-refractivity contribution < 1.29 is 11.0 Å². The van der Waals surface area contributed by atoms with Crippen molar-refractivity contribution >= 4 is 6.09 Å². The first-order valence-corrected chi connectivity index (χ1v) is 4.85. The molecule has 0 radical (unpaired) electrons. The van der Waals surface area contributed by atoms with Gasteiger partial charge in [-0.25, -0.2) is 4.79 Å². The van der Waals surface area contributed by atoms with Gasteiger partial charge in [-0.05, 0) is 13.0 Å². The van der Waals surface area contributed by atoms with Crippen LogP contribution in [0.4, 0.5) is 4.79 Å². The molecule has 4 nitrogen and oxygen atoms in total. The number of hydrogen-bond donors (Lipinski definition) is 1. The smallest absolute Gasteiger partial charge is 0.409 e. The lowest BCUT2D eigenvalue weighted by Crippen LogP contribution is -2.30. The molecule has 0 spiro atoms. The number of amides is 1. The Morgan fingerprint density at radius 3 is 3.00 bits per heavy atom. The fraction of sp³-hybridized carbons (Fsp3) is 0.889. The van der Waals surface area contributed by atoms with Gasteiger partial charge in [-0.3, -0.25) is 0 Å². The molecule has 0 aromatic rings. The SMILES string of the molecule is CC(C)NCCCN1CCOC1=O.[HH]. The Bertz CT molecular complexity index is 176. The Morgan fingerprint density at radius 2 is 2.46 bits per heavy atom. The molecule has 13 heavy (non-hydrogen) atoms. The van der Waals surface area contributed by atoms with Gasteiger partial charge in [-0.2, -0.15) is 0 Å². The summed E-state index contributed by atoms with van der Waals surface area (Å²) in [5.41, 5.74) is 0. The van der Waals surface area contributed by atoms with Crippen LogP contribution >= 0.6 is 0 Å². The Morgan fingerprint density at radius 1 is 1.69 bits per heavy atom. The lowest BCUT2D eigenvalue weighted by atomic mass is 10.3. The number of hydrogen-bond acceptors (Lipinski definition) is 3. The molecule has 1 aliphatic rings. The Balaban J connectivity index is 0.00000169. The molecular weight excluding hydrogens is 168 g/mol. The normalized spacial score (nSPS) is 16.8. The second kappa shape index (κ2) is 5.07. The van der Waals surface area contributed by atoms with Crippen LogP contribution in [0.3, 0.4) is 0 Å². The number of carbonyl (C=O) groups is 1. The molecule has 1 aliphatic heterocycles. The molecule has 1 fully saturated rings. The summed E-state index contributed by atoms with van der Waals surface area (Å²) in [4.78, 5) is 12.7. The summed E-state index contributed by atoms with van der Waals surface area (Å²) in [5.74, 6) is 0. The monoisotopic (exact) mass is 188 g/mol. The van der Waals surface area contributed by atoms with E-state index in [1.54, 1.807) is 4.90 Å². The van der Waals surface area contributed by atoms with Crippen LogP contribution in [-0.4, -0.2) is 43.3 Å². The highest BCUT2D eigenvalue weighted by molar-refractivity contribution is 5.69. The maximum absolute atomic E-state index is 11.0. The molecule has 0 saturated carbocycles. The molecule has 0 bridgehead atoms. The van der Waals surface area contributed by atoms with Gasteiger partial charge >= 0.3 is 6.09 Å². The summed E-state index contributed by atoms with van der Waals surface area (Å²) in [6.07, 6.45) is 0.831. The fourth-order valence-electron chi connectivity index (χ4n) is 1.29. The second-order valence-electron chi connectivity index (χ2n) is 3.56. The summed E-state index contributed by atoms with van der Waals surface area (Å²) in [6.45, 7) is 7.30. The minimum absolute atomic E-state index is 0. The van der Waals surface area contributed by atoms with Crippen LogP contribution in [0, 0.1) is 0 Å². The van der Waals surface area contributed by atoms with Crippen LogP contribution in [0.1, 0.15) is 21.7 Å². The summed E-state index contributed by atoms with van der Waals surface area (Å²) >= 11 is 0. The Hall–Kier alpha value is -0.770. The van der Waals surface area contributed by atoms with Gasteiger partial charge in [0.05, 0.1) is 6.54 Å². The highest BCUT2D eigenvalue weighted by Gasteiger charge is 2.20. The molecular formula is C9H20N2O2. The standard InChI is InChI=1S/C9H18N2O2.H2/c1-8(2)10-4-3-5-11-6-7-13-9(11)12;/h8,10H,3-7H2,1-2H3;1H. The van der Waals surface area contributed by atoms with Crippen molar-refractivity contribution in [3.8, 4) is 0 Å². The number of carbonyl (C=O) groups excluding carboxylic acids is 1. The molecule has 0 aliphatic carbocycles. The van der Waals surface area contributed by atoms with Gasteiger partial charge in [0, 0.05) is 14.0 Å². The second-order valence-corrected chi connectivity index (χ2v) is 3.56. The first-order chi connectivity index (χ1) is 6.20. The molecule has 1 N–H and O–H groups in total. The lowest BCUT2D eigenvalue weighted by Gasteiger charge is -2.13. The van der Waals surface area contributed by atoms with Gasteiger partial charge in [-0.1, -0.05) is 13.8 Å². The van der Waals surface area contributed by atoms with Crippen molar-refractivity contribution in [2.24, 2.45) is 0 Å². The zero-order chi connectivity index (χ0) is 9.68. The molecule has 0 aromatic heterocycles. The minimum Gasteiger partial charge on any atom is -0.448 e. The van der Waals surface area contributed by atoms with Crippen molar-refractivity contribution in [3.05, 3.63) is 0 Å². The van der Waals surface area contributed by atoms with E-state index >= 15 is 0 Å². The molecule has 0 aromatic carbocycles. The predicted molar refractivity (Wildman–Crippen MR) is 52.8 cm³/mol. The van der Waals surface area contributed by atoms with Crippen molar-refractivity contribution in [3.63, 3.8) is 0 Å².